The summed E-state index contributed by atoms with van der Waals surface area (Å²) in [4.78, 5) is 15.7. The van der Waals surface area contributed by atoms with Gasteiger partial charge in [0.15, 0.2) is 0 Å². The molecular formula is C18H14N2O. The lowest BCUT2D eigenvalue weighted by Crippen LogP contribution is -2.12. The summed E-state index contributed by atoms with van der Waals surface area (Å²) < 4.78 is 0. The van der Waals surface area contributed by atoms with Crippen molar-refractivity contribution >= 4 is 22.5 Å². The summed E-state index contributed by atoms with van der Waals surface area (Å²) in [6.45, 7) is 1.90. The molecule has 0 fully saturated rings. The number of anilines is 1. The number of carbonyl (C=O) groups is 1. The molecule has 2 aromatic carbocycles. The second kappa shape index (κ2) is 5.18. The smallest absolute Gasteiger partial charge is 0.258 e. The standard InChI is InChI=1S/C18H14N2O/c1-3-13-7-6-8-14(11-13)20-18(21)17-12(2)19-16-10-5-4-9-15(16)17/h1,4-11,19H,2H3,(H,20,21). The number of benzene rings is 2. The van der Waals surface area contributed by atoms with Gasteiger partial charge in [0.2, 0.25) is 0 Å². The van der Waals surface area contributed by atoms with Gasteiger partial charge in [-0.3, -0.25) is 4.79 Å². The van der Waals surface area contributed by atoms with E-state index in [1.807, 2.05) is 49.4 Å². The van der Waals surface area contributed by atoms with Crippen molar-refractivity contribution in [2.24, 2.45) is 0 Å². The van der Waals surface area contributed by atoms with Gasteiger partial charge in [-0.1, -0.05) is 30.2 Å². The van der Waals surface area contributed by atoms with Crippen LogP contribution in [0.25, 0.3) is 10.9 Å². The zero-order valence-electron chi connectivity index (χ0n) is 11.6. The summed E-state index contributed by atoms with van der Waals surface area (Å²) in [6.07, 6.45) is 5.37. The van der Waals surface area contributed by atoms with Crippen LogP contribution in [0.2, 0.25) is 0 Å². The zero-order valence-corrected chi connectivity index (χ0v) is 11.6. The first-order chi connectivity index (χ1) is 10.2. The number of hydrogen-bond acceptors (Lipinski definition) is 1. The molecule has 3 aromatic rings. The highest BCUT2D eigenvalue weighted by molar-refractivity contribution is 6.13. The van der Waals surface area contributed by atoms with Crippen molar-refractivity contribution in [1.29, 1.82) is 0 Å². The molecule has 0 spiro atoms. The third-order valence-corrected chi connectivity index (χ3v) is 3.41. The number of rotatable bonds is 2. The number of terminal acetylenes is 1. The van der Waals surface area contributed by atoms with Crippen LogP contribution in [0.15, 0.2) is 48.5 Å². The Hall–Kier alpha value is -2.99. The topological polar surface area (TPSA) is 44.9 Å². The van der Waals surface area contributed by atoms with Crippen molar-refractivity contribution in [3.05, 3.63) is 65.4 Å². The normalized spacial score (nSPS) is 10.3. The predicted octanol–water partition coefficient (Wildman–Crippen LogP) is 3.71. The number of amides is 1. The molecule has 3 rings (SSSR count). The van der Waals surface area contributed by atoms with Crippen molar-refractivity contribution in [3.63, 3.8) is 0 Å². The summed E-state index contributed by atoms with van der Waals surface area (Å²) in [5, 5.41) is 3.81. The van der Waals surface area contributed by atoms with E-state index in [2.05, 4.69) is 16.2 Å². The summed E-state index contributed by atoms with van der Waals surface area (Å²) in [5.41, 5.74) is 3.90. The average Bonchev–Trinajstić information content (AvgIpc) is 2.83. The van der Waals surface area contributed by atoms with Gasteiger partial charge in [0, 0.05) is 27.8 Å². The molecule has 0 radical (unpaired) electrons. The predicted molar refractivity (Wildman–Crippen MR) is 85.4 cm³/mol. The number of aryl methyl sites for hydroxylation is 1. The molecule has 0 aliphatic rings. The van der Waals surface area contributed by atoms with Crippen LogP contribution in [0.4, 0.5) is 5.69 Å². The summed E-state index contributed by atoms with van der Waals surface area (Å²) in [7, 11) is 0. The molecule has 1 heterocycles. The van der Waals surface area contributed by atoms with Gasteiger partial charge in [-0.05, 0) is 31.2 Å². The SMILES string of the molecule is C#Cc1cccc(NC(=O)c2c(C)[nH]c3ccccc23)c1. The highest BCUT2D eigenvalue weighted by atomic mass is 16.1. The molecule has 3 nitrogen and oxygen atoms in total. The van der Waals surface area contributed by atoms with E-state index in [1.165, 1.54) is 0 Å². The van der Waals surface area contributed by atoms with Crippen LogP contribution < -0.4 is 5.32 Å². The van der Waals surface area contributed by atoms with Gasteiger partial charge in [0.1, 0.15) is 0 Å². The summed E-state index contributed by atoms with van der Waals surface area (Å²) in [5.74, 6) is 2.42. The van der Waals surface area contributed by atoms with Crippen molar-refractivity contribution in [2.75, 3.05) is 5.32 Å². The van der Waals surface area contributed by atoms with E-state index < -0.39 is 0 Å². The van der Waals surface area contributed by atoms with Crippen molar-refractivity contribution in [1.82, 2.24) is 4.98 Å². The first-order valence-electron chi connectivity index (χ1n) is 6.64. The minimum absolute atomic E-state index is 0.140. The van der Waals surface area contributed by atoms with Crippen molar-refractivity contribution in [2.45, 2.75) is 6.92 Å². The van der Waals surface area contributed by atoms with Crippen LogP contribution in [0.3, 0.4) is 0 Å². The van der Waals surface area contributed by atoms with Gasteiger partial charge in [-0.25, -0.2) is 0 Å². The fraction of sp³-hybridized carbons (Fsp3) is 0.0556. The number of aromatic amines is 1. The zero-order chi connectivity index (χ0) is 14.8. The molecule has 0 saturated carbocycles. The molecule has 3 heteroatoms. The van der Waals surface area contributed by atoms with E-state index in [1.54, 1.807) is 6.07 Å². The minimum atomic E-state index is -0.140. The number of carbonyl (C=O) groups excluding carboxylic acids is 1. The van der Waals surface area contributed by atoms with Crippen molar-refractivity contribution < 1.29 is 4.79 Å². The largest absolute Gasteiger partial charge is 0.358 e. The number of aromatic nitrogens is 1. The van der Waals surface area contributed by atoms with Crippen LogP contribution in [0.5, 0.6) is 0 Å². The molecule has 0 bridgehead atoms. The van der Waals surface area contributed by atoms with Gasteiger partial charge in [-0.15, -0.1) is 6.42 Å². The second-order valence-corrected chi connectivity index (χ2v) is 4.85. The van der Waals surface area contributed by atoms with Crippen LogP contribution in [-0.4, -0.2) is 10.9 Å². The van der Waals surface area contributed by atoms with Gasteiger partial charge >= 0.3 is 0 Å². The fourth-order valence-corrected chi connectivity index (χ4v) is 2.45. The third kappa shape index (κ3) is 2.39. The van der Waals surface area contributed by atoms with Crippen LogP contribution in [0.1, 0.15) is 21.6 Å². The number of nitrogens with one attached hydrogen (secondary N) is 2. The lowest BCUT2D eigenvalue weighted by molar-refractivity contribution is 0.102. The molecule has 1 aromatic heterocycles. The third-order valence-electron chi connectivity index (χ3n) is 3.41. The number of hydrogen-bond donors (Lipinski definition) is 2. The summed E-state index contributed by atoms with van der Waals surface area (Å²) >= 11 is 0. The van der Waals surface area contributed by atoms with E-state index in [-0.39, 0.29) is 5.91 Å². The van der Waals surface area contributed by atoms with Gasteiger partial charge < -0.3 is 10.3 Å². The van der Waals surface area contributed by atoms with Crippen LogP contribution >= 0.6 is 0 Å². The maximum Gasteiger partial charge on any atom is 0.258 e. The van der Waals surface area contributed by atoms with E-state index in [4.69, 9.17) is 6.42 Å². The van der Waals surface area contributed by atoms with E-state index in [0.29, 0.717) is 11.3 Å². The van der Waals surface area contributed by atoms with Crippen LogP contribution in [0, 0.1) is 19.3 Å². The first kappa shape index (κ1) is 13.0. The van der Waals surface area contributed by atoms with Crippen molar-refractivity contribution in [3.8, 4) is 12.3 Å². The Morgan fingerprint density at radius 1 is 1.19 bits per heavy atom. The minimum Gasteiger partial charge on any atom is -0.358 e. The van der Waals surface area contributed by atoms with Gasteiger partial charge in [0.25, 0.3) is 5.91 Å². The van der Waals surface area contributed by atoms with Gasteiger partial charge in [-0.2, -0.15) is 0 Å². The van der Waals surface area contributed by atoms with Gasteiger partial charge in [0.05, 0.1) is 5.56 Å². The highest BCUT2D eigenvalue weighted by Crippen LogP contribution is 2.23. The molecule has 0 aliphatic heterocycles. The molecule has 0 aliphatic carbocycles. The number of H-pyrrole nitrogens is 1. The fourth-order valence-electron chi connectivity index (χ4n) is 2.45. The average molecular weight is 274 g/mol. The second-order valence-electron chi connectivity index (χ2n) is 4.85. The highest BCUT2D eigenvalue weighted by Gasteiger charge is 2.15. The summed E-state index contributed by atoms with van der Waals surface area (Å²) in [6, 6.07) is 15.0. The monoisotopic (exact) mass is 274 g/mol. The Balaban J connectivity index is 1.97. The van der Waals surface area contributed by atoms with Crippen LogP contribution in [-0.2, 0) is 0 Å². The molecule has 2 N–H and O–H groups in total. The molecule has 0 unspecified atom stereocenters. The quantitative estimate of drug-likeness (QED) is 0.687. The molecule has 0 saturated heterocycles. The Bertz CT molecular complexity index is 868. The van der Waals surface area contributed by atoms with E-state index in [9.17, 15) is 4.79 Å². The Morgan fingerprint density at radius 3 is 2.81 bits per heavy atom. The number of fused-ring (bicyclic) bond motifs is 1. The maximum atomic E-state index is 12.5. The maximum absolute atomic E-state index is 12.5. The molecular weight excluding hydrogens is 260 g/mol. The Kier molecular flexibility index (Phi) is 3.21. The molecule has 21 heavy (non-hydrogen) atoms. The Morgan fingerprint density at radius 2 is 2.00 bits per heavy atom. The number of para-hydroxylation sites is 1. The molecule has 0 atom stereocenters. The van der Waals surface area contributed by atoms with E-state index in [0.717, 1.165) is 22.2 Å². The Labute approximate surface area is 123 Å². The first-order valence-corrected chi connectivity index (χ1v) is 6.64. The molecule has 102 valence electrons. The van der Waals surface area contributed by atoms with E-state index >= 15 is 0 Å². The molecule has 1 amide bonds. The lowest BCUT2D eigenvalue weighted by atomic mass is 10.1. The lowest BCUT2D eigenvalue weighted by Gasteiger charge is -2.06.